The Balaban J connectivity index is 1.86. The molecule has 0 bridgehead atoms. The molecular weight excluding hydrogens is 310 g/mol. The van der Waals surface area contributed by atoms with Gasteiger partial charge >= 0.3 is 0 Å². The number of nitrogens with one attached hydrogen (secondary N) is 2. The van der Waals surface area contributed by atoms with Gasteiger partial charge in [-0.2, -0.15) is 0 Å². The van der Waals surface area contributed by atoms with Crippen molar-refractivity contribution in [3.05, 3.63) is 63.6 Å². The predicted octanol–water partition coefficient (Wildman–Crippen LogP) is 0.842. The second kappa shape index (κ2) is 7.45. The van der Waals surface area contributed by atoms with Gasteiger partial charge in [-0.15, -0.1) is 0 Å². The third-order valence-corrected chi connectivity index (χ3v) is 3.38. The van der Waals surface area contributed by atoms with Crippen LogP contribution in [-0.4, -0.2) is 23.0 Å². The highest BCUT2D eigenvalue weighted by Crippen LogP contribution is 2.18. The number of hydrazine groups is 1. The minimum absolute atomic E-state index is 0.161. The summed E-state index contributed by atoms with van der Waals surface area (Å²) < 4.78 is 6.78. The Labute approximate surface area is 139 Å². The van der Waals surface area contributed by atoms with Gasteiger partial charge in [0.05, 0.1) is 0 Å². The minimum atomic E-state index is -0.576. The van der Waals surface area contributed by atoms with Crippen LogP contribution >= 0.6 is 0 Å². The molecule has 2 N–H and O–H groups in total. The van der Waals surface area contributed by atoms with Crippen LogP contribution in [0.4, 0.5) is 0 Å². The van der Waals surface area contributed by atoms with Crippen molar-refractivity contribution >= 4 is 11.8 Å². The molecule has 0 unspecified atom stereocenters. The summed E-state index contributed by atoms with van der Waals surface area (Å²) in [5.74, 6) is -0.469. The van der Waals surface area contributed by atoms with Gasteiger partial charge in [0.1, 0.15) is 5.75 Å². The van der Waals surface area contributed by atoms with Crippen molar-refractivity contribution in [2.75, 3.05) is 6.61 Å². The van der Waals surface area contributed by atoms with E-state index in [1.807, 2.05) is 32.0 Å². The van der Waals surface area contributed by atoms with Crippen molar-refractivity contribution in [3.8, 4) is 5.75 Å². The van der Waals surface area contributed by atoms with Gasteiger partial charge in [0.25, 0.3) is 17.4 Å². The maximum absolute atomic E-state index is 11.9. The van der Waals surface area contributed by atoms with E-state index in [1.54, 1.807) is 7.05 Å². The lowest BCUT2D eigenvalue weighted by molar-refractivity contribution is -0.123. The standard InChI is InChI=1S/C17H19N3O4/c1-11-4-5-12(2)14(8-11)24-10-15(21)18-19-17(23)13-6-7-20(3)16(22)9-13/h4-9H,10H2,1-3H3,(H,18,21)(H,19,23). The van der Waals surface area contributed by atoms with Crippen molar-refractivity contribution in [3.63, 3.8) is 0 Å². The fraction of sp³-hybridized carbons (Fsp3) is 0.235. The average molecular weight is 329 g/mol. The molecule has 1 aromatic heterocycles. The number of aromatic nitrogens is 1. The van der Waals surface area contributed by atoms with Gasteiger partial charge in [-0.1, -0.05) is 12.1 Å². The van der Waals surface area contributed by atoms with E-state index < -0.39 is 11.8 Å². The quantitative estimate of drug-likeness (QED) is 0.814. The van der Waals surface area contributed by atoms with E-state index in [-0.39, 0.29) is 17.7 Å². The van der Waals surface area contributed by atoms with Crippen molar-refractivity contribution in [1.29, 1.82) is 0 Å². The van der Waals surface area contributed by atoms with Crippen molar-refractivity contribution < 1.29 is 14.3 Å². The zero-order valence-electron chi connectivity index (χ0n) is 13.8. The maximum atomic E-state index is 11.9. The van der Waals surface area contributed by atoms with Gasteiger partial charge in [0, 0.05) is 24.9 Å². The van der Waals surface area contributed by atoms with E-state index in [9.17, 15) is 14.4 Å². The molecule has 24 heavy (non-hydrogen) atoms. The normalized spacial score (nSPS) is 10.1. The fourth-order valence-corrected chi connectivity index (χ4v) is 1.93. The topological polar surface area (TPSA) is 89.4 Å². The van der Waals surface area contributed by atoms with E-state index in [0.29, 0.717) is 5.75 Å². The molecule has 0 atom stereocenters. The number of hydrogen-bond acceptors (Lipinski definition) is 4. The average Bonchev–Trinajstić information content (AvgIpc) is 2.56. The molecule has 126 valence electrons. The first-order chi connectivity index (χ1) is 11.4. The van der Waals surface area contributed by atoms with Gasteiger partial charge in [-0.05, 0) is 37.1 Å². The molecule has 7 nitrogen and oxygen atoms in total. The maximum Gasteiger partial charge on any atom is 0.276 e. The summed E-state index contributed by atoms with van der Waals surface area (Å²) in [6.07, 6.45) is 1.47. The van der Waals surface area contributed by atoms with Crippen LogP contribution in [0.5, 0.6) is 5.75 Å². The number of carbonyl (C=O) groups is 2. The number of rotatable bonds is 4. The highest BCUT2D eigenvalue weighted by molar-refractivity contribution is 5.95. The zero-order valence-corrected chi connectivity index (χ0v) is 13.8. The van der Waals surface area contributed by atoms with E-state index in [1.165, 1.54) is 22.9 Å². The summed E-state index contributed by atoms with van der Waals surface area (Å²) in [6, 6.07) is 8.36. The number of benzene rings is 1. The van der Waals surface area contributed by atoms with E-state index in [2.05, 4.69) is 10.9 Å². The van der Waals surface area contributed by atoms with Gasteiger partial charge in [0.15, 0.2) is 6.61 Å². The third-order valence-electron chi connectivity index (χ3n) is 3.38. The van der Waals surface area contributed by atoms with Gasteiger partial charge < -0.3 is 9.30 Å². The molecule has 1 aromatic carbocycles. The molecule has 0 aliphatic carbocycles. The summed E-state index contributed by atoms with van der Waals surface area (Å²) >= 11 is 0. The number of hydrogen-bond donors (Lipinski definition) is 2. The Hall–Kier alpha value is -3.09. The molecular formula is C17H19N3O4. The molecule has 0 aliphatic heterocycles. The van der Waals surface area contributed by atoms with Gasteiger partial charge in [0.2, 0.25) is 0 Å². The van der Waals surface area contributed by atoms with Crippen LogP contribution in [0.2, 0.25) is 0 Å². The van der Waals surface area contributed by atoms with E-state index in [4.69, 9.17) is 4.74 Å². The van der Waals surface area contributed by atoms with Crippen LogP contribution < -0.4 is 21.1 Å². The fourth-order valence-electron chi connectivity index (χ4n) is 1.93. The SMILES string of the molecule is Cc1ccc(C)c(OCC(=O)NNC(=O)c2ccn(C)c(=O)c2)c1. The molecule has 0 fully saturated rings. The first-order valence-corrected chi connectivity index (χ1v) is 7.33. The van der Waals surface area contributed by atoms with E-state index >= 15 is 0 Å². The summed E-state index contributed by atoms with van der Waals surface area (Å²) in [4.78, 5) is 35.1. The molecule has 0 saturated carbocycles. The summed E-state index contributed by atoms with van der Waals surface area (Å²) in [7, 11) is 1.58. The largest absolute Gasteiger partial charge is 0.483 e. The van der Waals surface area contributed by atoms with Crippen LogP contribution in [0.3, 0.4) is 0 Å². The second-order valence-electron chi connectivity index (χ2n) is 5.42. The molecule has 1 heterocycles. The molecule has 0 spiro atoms. The lowest BCUT2D eigenvalue weighted by Crippen LogP contribution is -2.44. The number of carbonyl (C=O) groups excluding carboxylic acids is 2. The third kappa shape index (κ3) is 4.45. The van der Waals surface area contributed by atoms with Gasteiger partial charge in [-0.25, -0.2) is 0 Å². The number of aryl methyl sites for hydroxylation is 3. The minimum Gasteiger partial charge on any atom is -0.483 e. The first kappa shape index (κ1) is 17.3. The predicted molar refractivity (Wildman–Crippen MR) is 88.7 cm³/mol. The van der Waals surface area contributed by atoms with Crippen molar-refractivity contribution in [1.82, 2.24) is 15.4 Å². The Morgan fingerprint density at radius 1 is 1.12 bits per heavy atom. The Morgan fingerprint density at radius 2 is 1.88 bits per heavy atom. The monoisotopic (exact) mass is 329 g/mol. The smallest absolute Gasteiger partial charge is 0.276 e. The molecule has 2 rings (SSSR count). The Bertz CT molecular complexity index is 827. The summed E-state index contributed by atoms with van der Waals surface area (Å²) in [5, 5.41) is 0. The highest BCUT2D eigenvalue weighted by Gasteiger charge is 2.09. The number of amides is 2. The summed E-state index contributed by atoms with van der Waals surface area (Å²) in [5.41, 5.74) is 6.27. The Kier molecular flexibility index (Phi) is 5.36. The first-order valence-electron chi connectivity index (χ1n) is 7.33. The van der Waals surface area contributed by atoms with Crippen molar-refractivity contribution in [2.24, 2.45) is 7.05 Å². The van der Waals surface area contributed by atoms with Crippen LogP contribution in [0.1, 0.15) is 21.5 Å². The number of pyridine rings is 1. The van der Waals surface area contributed by atoms with Crippen molar-refractivity contribution in [2.45, 2.75) is 13.8 Å². The highest BCUT2D eigenvalue weighted by atomic mass is 16.5. The molecule has 2 amide bonds. The van der Waals surface area contributed by atoms with Crippen LogP contribution in [-0.2, 0) is 11.8 Å². The second-order valence-corrected chi connectivity index (χ2v) is 5.42. The lowest BCUT2D eigenvalue weighted by Gasteiger charge is -2.11. The molecule has 0 radical (unpaired) electrons. The number of ether oxygens (including phenoxy) is 1. The zero-order chi connectivity index (χ0) is 17.7. The molecule has 0 aliphatic rings. The number of nitrogens with zero attached hydrogens (tertiary/aromatic N) is 1. The van der Waals surface area contributed by atoms with Crippen LogP contribution in [0.25, 0.3) is 0 Å². The van der Waals surface area contributed by atoms with Crippen LogP contribution in [0, 0.1) is 13.8 Å². The van der Waals surface area contributed by atoms with Crippen LogP contribution in [0.15, 0.2) is 41.3 Å². The molecule has 7 heteroatoms. The lowest BCUT2D eigenvalue weighted by atomic mass is 10.1. The molecule has 0 saturated heterocycles. The van der Waals surface area contributed by atoms with Gasteiger partial charge in [-0.3, -0.25) is 25.2 Å². The Morgan fingerprint density at radius 3 is 2.58 bits per heavy atom. The van der Waals surface area contributed by atoms with E-state index in [0.717, 1.165) is 11.1 Å². The summed E-state index contributed by atoms with van der Waals surface area (Å²) in [6.45, 7) is 3.57. The molecule has 2 aromatic rings.